The predicted octanol–water partition coefficient (Wildman–Crippen LogP) is 20.5. The molecule has 2 nitrogen and oxygen atoms in total. The fourth-order valence-electron chi connectivity index (χ4n) is 8.79. The zero-order chi connectivity index (χ0) is 45.6. The van der Waals surface area contributed by atoms with Crippen LogP contribution < -0.4 is 0 Å². The summed E-state index contributed by atoms with van der Waals surface area (Å²) in [6, 6.07) is 14.8. The van der Waals surface area contributed by atoms with Crippen LogP contribution in [0.4, 0.5) is 0 Å². The number of hydrogen-bond donors (Lipinski definition) is 0. The number of benzene rings is 2. The first kappa shape index (κ1) is 61.0. The molecule has 1 heterocycles. The van der Waals surface area contributed by atoms with E-state index in [0.29, 0.717) is 0 Å². The molecule has 2 aromatic carbocycles. The number of rotatable bonds is 34. The molecular weight excluding hydrogens is 807 g/mol. The molecule has 1 aliphatic rings. The van der Waals surface area contributed by atoms with Crippen LogP contribution in [0.2, 0.25) is 0 Å². The Hall–Kier alpha value is -1.99. The van der Waals surface area contributed by atoms with Crippen molar-refractivity contribution in [3.63, 3.8) is 0 Å². The Bertz CT molecular complexity index is 1410. The van der Waals surface area contributed by atoms with E-state index in [1.54, 1.807) is 4.70 Å². The van der Waals surface area contributed by atoms with Crippen LogP contribution in [0.5, 0.6) is 0 Å². The number of allylic oxidation sites excluding steroid dienone is 2. The molecule has 0 fully saturated rings. The molecule has 0 aromatic heterocycles. The van der Waals surface area contributed by atoms with E-state index in [-0.39, 0.29) is 16.5 Å². The molecule has 2 aromatic rings. The number of unbranched alkanes of at least 4 members (excludes halogenated alkanes) is 20. The maximum Gasteiger partial charge on any atom is 2.00 e. The quantitative estimate of drug-likeness (QED) is 0.0289. The first-order valence-electron chi connectivity index (χ1n) is 27.1. The Morgan fingerprint density at radius 2 is 0.571 bits per heavy atom. The van der Waals surface area contributed by atoms with Gasteiger partial charge < -0.3 is 19.4 Å². The Labute approximate surface area is 404 Å². The first-order chi connectivity index (χ1) is 30.3. The number of nitrogens with zero attached hydrogens (tertiary/aromatic N) is 2. The zero-order valence-corrected chi connectivity index (χ0v) is 44.1. The van der Waals surface area contributed by atoms with Crippen molar-refractivity contribution >= 4 is 11.4 Å². The van der Waals surface area contributed by atoms with Crippen molar-refractivity contribution in [2.24, 2.45) is 0 Å². The van der Waals surface area contributed by atoms with Gasteiger partial charge in [0.15, 0.2) is 0 Å². The molecule has 0 bridgehead atoms. The van der Waals surface area contributed by atoms with E-state index in [2.05, 4.69) is 106 Å². The average Bonchev–Trinajstić information content (AvgIpc) is 3.55. The molecule has 3 heteroatoms. The number of aryl methyl sites for hydroxylation is 4. The summed E-state index contributed by atoms with van der Waals surface area (Å²) in [6.07, 6.45) is 41.6. The largest absolute Gasteiger partial charge is 2.00 e. The third-order valence-corrected chi connectivity index (χ3v) is 12.6. The van der Waals surface area contributed by atoms with Gasteiger partial charge in [-0.2, -0.15) is 12.8 Å². The average molecular weight is 910 g/mol. The summed E-state index contributed by atoms with van der Waals surface area (Å²) in [5.74, 6) is 0. The van der Waals surface area contributed by atoms with Gasteiger partial charge in [-0.05, 0) is 124 Å². The van der Waals surface area contributed by atoms with E-state index in [0.717, 1.165) is 62.8 Å². The maximum absolute atomic E-state index is 12.7. The second-order valence-corrected chi connectivity index (χ2v) is 18.6. The first-order valence-corrected chi connectivity index (χ1v) is 27.1. The molecule has 63 heavy (non-hydrogen) atoms. The molecule has 0 unspecified atom stereocenters. The molecule has 0 saturated heterocycles. The van der Waals surface area contributed by atoms with Crippen LogP contribution in [0.15, 0.2) is 47.5 Å². The minimum Gasteiger partial charge on any atom is -0.493 e. The molecule has 0 spiro atoms. The SMILES string of the molecule is CCCCCCCCC1=C(c2cc(CCCCC)cc(CCCCC)c2)[N+](=[N-])C(c2cc(CCCCC)cc(CCCCC)c2)=C1CCCCCC.[CH2-]CCCC.[CH2-]CCCC.[Ni+2]. The molecule has 1 aliphatic heterocycles. The van der Waals surface area contributed by atoms with Gasteiger partial charge in [0.2, 0.25) is 11.4 Å². The zero-order valence-electron chi connectivity index (χ0n) is 43.1. The predicted molar refractivity (Wildman–Crippen MR) is 280 cm³/mol. The summed E-state index contributed by atoms with van der Waals surface area (Å²) in [5.41, 5.74) is 26.0. The minimum absolute atomic E-state index is 0. The van der Waals surface area contributed by atoms with Gasteiger partial charge in [-0.3, -0.25) is 0 Å². The molecule has 0 atom stereocenters. The molecule has 0 aliphatic carbocycles. The van der Waals surface area contributed by atoms with E-state index < -0.39 is 0 Å². The standard InChI is InChI=1S/C50H80N2.2C5H11.Ni/c1-7-13-19-21-22-28-34-48-47(33-27-20-14-8-2)49(45-37-41(29-23-15-9-3)35-42(38-45)30-24-16-10-4)52(51)50(48)46-39-43(31-25-17-11-5)36-44(40-46)32-26-18-12-6;2*1-3-5-4-2;/h35-40H,7-34H2,1-6H3;2*1,3-5H2,2H3;/q;2*-1;+2. The summed E-state index contributed by atoms with van der Waals surface area (Å²) < 4.78 is 1.70. The summed E-state index contributed by atoms with van der Waals surface area (Å²) in [5, 5.41) is 0. The summed E-state index contributed by atoms with van der Waals surface area (Å²) >= 11 is 0. The van der Waals surface area contributed by atoms with E-state index in [1.165, 1.54) is 211 Å². The number of hydrogen-bond acceptors (Lipinski definition) is 0. The summed E-state index contributed by atoms with van der Waals surface area (Å²) in [4.78, 5) is 0. The molecule has 0 N–H and O–H groups in total. The van der Waals surface area contributed by atoms with Gasteiger partial charge in [-0.15, -0.1) is 0 Å². The molecular formula is C60H102N2Ni. The Kier molecular flexibility index (Phi) is 40.1. The van der Waals surface area contributed by atoms with Crippen LogP contribution in [-0.4, -0.2) is 4.70 Å². The minimum atomic E-state index is 0. The van der Waals surface area contributed by atoms with E-state index >= 15 is 0 Å². The van der Waals surface area contributed by atoms with Gasteiger partial charge >= 0.3 is 16.5 Å². The molecule has 3 rings (SSSR count). The van der Waals surface area contributed by atoms with E-state index in [1.807, 2.05) is 0 Å². The normalized spacial score (nSPS) is 12.3. The van der Waals surface area contributed by atoms with Crippen LogP contribution in [0.25, 0.3) is 16.9 Å². The van der Waals surface area contributed by atoms with Gasteiger partial charge in [-0.1, -0.05) is 196 Å². The summed E-state index contributed by atoms with van der Waals surface area (Å²) in [7, 11) is 0. The van der Waals surface area contributed by atoms with Crippen LogP contribution in [0, 0.1) is 13.8 Å². The molecule has 0 amide bonds. The topological polar surface area (TPSA) is 25.3 Å². The van der Waals surface area contributed by atoms with Gasteiger partial charge in [0, 0.05) is 22.3 Å². The van der Waals surface area contributed by atoms with Crippen molar-refractivity contribution in [1.82, 2.24) is 0 Å². The second kappa shape index (κ2) is 41.4. The van der Waals surface area contributed by atoms with Crippen LogP contribution in [-0.2, 0) is 42.2 Å². The van der Waals surface area contributed by atoms with Crippen molar-refractivity contribution in [1.29, 1.82) is 0 Å². The monoisotopic (exact) mass is 909 g/mol. The van der Waals surface area contributed by atoms with Crippen molar-refractivity contribution in [3.8, 4) is 0 Å². The van der Waals surface area contributed by atoms with Gasteiger partial charge in [0.05, 0.1) is 0 Å². The van der Waals surface area contributed by atoms with Crippen molar-refractivity contribution in [2.45, 2.75) is 274 Å². The Morgan fingerprint density at radius 3 is 0.841 bits per heavy atom. The van der Waals surface area contributed by atoms with Gasteiger partial charge in [0.25, 0.3) is 0 Å². The van der Waals surface area contributed by atoms with Crippen molar-refractivity contribution in [3.05, 3.63) is 100 Å². The molecule has 362 valence electrons. The Morgan fingerprint density at radius 1 is 0.333 bits per heavy atom. The third-order valence-electron chi connectivity index (χ3n) is 12.6. The van der Waals surface area contributed by atoms with Crippen molar-refractivity contribution < 1.29 is 21.2 Å². The maximum atomic E-state index is 12.7. The molecule has 0 saturated carbocycles. The smallest absolute Gasteiger partial charge is 0.493 e. The van der Waals surface area contributed by atoms with E-state index in [4.69, 9.17) is 0 Å². The van der Waals surface area contributed by atoms with Crippen LogP contribution in [0.1, 0.15) is 281 Å². The van der Waals surface area contributed by atoms with Crippen LogP contribution in [0.3, 0.4) is 0 Å². The molecule has 0 radical (unpaired) electrons. The fraction of sp³-hybridized carbons (Fsp3) is 0.700. The summed E-state index contributed by atoms with van der Waals surface area (Å²) in [6.45, 7) is 25.5. The third kappa shape index (κ3) is 26.1. The van der Waals surface area contributed by atoms with Gasteiger partial charge in [0.1, 0.15) is 0 Å². The van der Waals surface area contributed by atoms with Crippen molar-refractivity contribution in [2.75, 3.05) is 0 Å². The van der Waals surface area contributed by atoms with Gasteiger partial charge in [-0.25, -0.2) is 4.70 Å². The fourth-order valence-corrected chi connectivity index (χ4v) is 8.79. The van der Waals surface area contributed by atoms with E-state index in [9.17, 15) is 5.53 Å². The van der Waals surface area contributed by atoms with Crippen LogP contribution >= 0.6 is 0 Å². The second-order valence-electron chi connectivity index (χ2n) is 18.6. The Balaban J connectivity index is 0.00000313.